The minimum absolute atomic E-state index is 0.495. The molecule has 0 bridgehead atoms. The molecule has 2 heteroatoms. The summed E-state index contributed by atoms with van der Waals surface area (Å²) in [6, 6.07) is 0. The fourth-order valence-corrected chi connectivity index (χ4v) is 3.87. The van der Waals surface area contributed by atoms with Crippen molar-refractivity contribution in [1.29, 1.82) is 0 Å². The lowest BCUT2D eigenvalue weighted by Crippen LogP contribution is -1.85. The van der Waals surface area contributed by atoms with Crippen molar-refractivity contribution in [2.75, 3.05) is 25.2 Å². The summed E-state index contributed by atoms with van der Waals surface area (Å²) in [6.45, 7) is 1.93. The molecule has 0 atom stereocenters. The van der Waals surface area contributed by atoms with E-state index < -0.39 is 6.46 Å². The highest BCUT2D eigenvalue weighted by molar-refractivity contribution is 8.62. The maximum absolute atomic E-state index is 2.43. The van der Waals surface area contributed by atoms with Gasteiger partial charge < -0.3 is 0 Å². The van der Waals surface area contributed by atoms with E-state index in [0.717, 1.165) is 0 Å². The third-order valence-corrected chi connectivity index (χ3v) is 7.98. The van der Waals surface area contributed by atoms with Crippen LogP contribution >= 0.6 is 17.8 Å². The highest BCUT2D eigenvalue weighted by atomic mass is 32.7. The zero-order valence-corrected chi connectivity index (χ0v) is 7.14. The zero-order chi connectivity index (χ0) is 6.04. The highest BCUT2D eigenvalue weighted by Crippen LogP contribution is 2.67. The molecule has 0 saturated carbocycles. The average Bonchev–Trinajstić information content (AvgIpc) is 2.17. The van der Waals surface area contributed by atoms with Crippen LogP contribution in [-0.4, -0.2) is 25.2 Å². The molecule has 0 radical (unpaired) electrons. The molecule has 0 aromatic rings. The Morgan fingerprint density at radius 2 is 1.88 bits per heavy atom. The summed E-state index contributed by atoms with van der Waals surface area (Å²) in [7, 11) is 0. The number of allylic oxidation sites excluding steroid dienone is 2. The van der Waals surface area contributed by atoms with Gasteiger partial charge in [0.25, 0.3) is 0 Å². The van der Waals surface area contributed by atoms with E-state index in [-0.39, 0.29) is 0 Å². The van der Waals surface area contributed by atoms with Gasteiger partial charge in [0.2, 0.25) is 0 Å². The number of rotatable bonds is 1. The molecule has 0 aliphatic carbocycles. The first-order valence-corrected chi connectivity index (χ1v) is 7.26. The summed E-state index contributed by atoms with van der Waals surface area (Å²) in [6.07, 6.45) is 9.62. The van der Waals surface area contributed by atoms with E-state index >= 15 is 0 Å². The SMILES string of the molecule is CS[P+]1(C)CC=CC1. The maximum Gasteiger partial charge on any atom is 0.0878 e. The lowest BCUT2D eigenvalue weighted by atomic mass is 10.6. The Kier molecular flexibility index (Phi) is 2.00. The van der Waals surface area contributed by atoms with E-state index in [1.807, 2.05) is 0 Å². The van der Waals surface area contributed by atoms with Crippen molar-refractivity contribution in [3.8, 4) is 0 Å². The van der Waals surface area contributed by atoms with Gasteiger partial charge in [-0.1, -0.05) is 0 Å². The third kappa shape index (κ3) is 1.27. The van der Waals surface area contributed by atoms with Gasteiger partial charge >= 0.3 is 0 Å². The Labute approximate surface area is 55.8 Å². The number of hydrogen-bond acceptors (Lipinski definition) is 1. The highest BCUT2D eigenvalue weighted by Gasteiger charge is 2.31. The lowest BCUT2D eigenvalue weighted by Gasteiger charge is -2.09. The van der Waals surface area contributed by atoms with Gasteiger partial charge in [0.05, 0.1) is 25.5 Å². The molecular formula is C6H12PS+. The molecule has 1 aliphatic rings. The minimum atomic E-state index is -0.495. The summed E-state index contributed by atoms with van der Waals surface area (Å²) in [5.41, 5.74) is 0. The Morgan fingerprint density at radius 1 is 1.38 bits per heavy atom. The van der Waals surface area contributed by atoms with Crippen LogP contribution in [0.25, 0.3) is 0 Å². The molecule has 46 valence electrons. The molecule has 1 rings (SSSR count). The molecule has 1 heterocycles. The predicted octanol–water partition coefficient (Wildman–Crippen LogP) is 2.48. The lowest BCUT2D eigenvalue weighted by molar-refractivity contribution is 1.78. The van der Waals surface area contributed by atoms with E-state index in [4.69, 9.17) is 0 Å². The van der Waals surface area contributed by atoms with Crippen LogP contribution < -0.4 is 0 Å². The first-order chi connectivity index (χ1) is 3.77. The summed E-state index contributed by atoms with van der Waals surface area (Å²) in [4.78, 5) is 0. The van der Waals surface area contributed by atoms with Crippen LogP contribution in [-0.2, 0) is 0 Å². The largest absolute Gasteiger partial charge is 0.0878 e. The van der Waals surface area contributed by atoms with E-state index in [2.05, 4.69) is 36.5 Å². The van der Waals surface area contributed by atoms with Crippen molar-refractivity contribution in [3.05, 3.63) is 12.2 Å². The number of hydrogen-bond donors (Lipinski definition) is 0. The van der Waals surface area contributed by atoms with Gasteiger partial charge in [-0.25, -0.2) is 0 Å². The van der Waals surface area contributed by atoms with Crippen LogP contribution in [0.3, 0.4) is 0 Å². The van der Waals surface area contributed by atoms with Gasteiger partial charge in [-0.15, -0.1) is 0 Å². The average molecular weight is 147 g/mol. The van der Waals surface area contributed by atoms with Gasteiger partial charge in [-0.2, -0.15) is 0 Å². The summed E-state index contributed by atoms with van der Waals surface area (Å²) in [5, 5.41) is 0. The second-order valence-corrected chi connectivity index (χ2v) is 9.75. The van der Waals surface area contributed by atoms with Crippen molar-refractivity contribution < 1.29 is 0 Å². The van der Waals surface area contributed by atoms with Crippen LogP contribution in [0.2, 0.25) is 0 Å². The third-order valence-electron chi connectivity index (χ3n) is 1.59. The fraction of sp³-hybridized carbons (Fsp3) is 0.667. The van der Waals surface area contributed by atoms with Crippen LogP contribution in [0.1, 0.15) is 0 Å². The Bertz CT molecular complexity index is 101. The van der Waals surface area contributed by atoms with Crippen molar-refractivity contribution >= 4 is 17.8 Å². The molecule has 1 aliphatic heterocycles. The Hall–Kier alpha value is 0.520. The molecule has 0 spiro atoms. The molecular weight excluding hydrogens is 135 g/mol. The smallest absolute Gasteiger partial charge is 0.0471 e. The maximum atomic E-state index is 2.43. The first-order valence-electron chi connectivity index (χ1n) is 2.82. The van der Waals surface area contributed by atoms with Crippen LogP contribution in [0.5, 0.6) is 0 Å². The molecule has 0 N–H and O–H groups in total. The topological polar surface area (TPSA) is 0 Å². The van der Waals surface area contributed by atoms with Gasteiger partial charge in [-0.05, 0) is 12.2 Å². The minimum Gasteiger partial charge on any atom is -0.0471 e. The Balaban J connectivity index is 2.46. The van der Waals surface area contributed by atoms with E-state index in [0.29, 0.717) is 0 Å². The fourth-order valence-electron chi connectivity index (χ4n) is 0.819. The molecule has 8 heavy (non-hydrogen) atoms. The van der Waals surface area contributed by atoms with E-state index in [1.165, 1.54) is 12.3 Å². The van der Waals surface area contributed by atoms with Gasteiger partial charge in [-0.3, -0.25) is 0 Å². The van der Waals surface area contributed by atoms with Crippen molar-refractivity contribution in [2.45, 2.75) is 0 Å². The van der Waals surface area contributed by atoms with Crippen molar-refractivity contribution in [3.63, 3.8) is 0 Å². The summed E-state index contributed by atoms with van der Waals surface area (Å²) in [5.74, 6) is 0. The van der Waals surface area contributed by atoms with E-state index in [9.17, 15) is 0 Å². The predicted molar refractivity (Wildman–Crippen MR) is 45.2 cm³/mol. The van der Waals surface area contributed by atoms with E-state index in [1.54, 1.807) is 0 Å². The molecule has 0 fully saturated rings. The van der Waals surface area contributed by atoms with Gasteiger partial charge in [0, 0.05) is 17.6 Å². The van der Waals surface area contributed by atoms with Crippen LogP contribution in [0, 0.1) is 0 Å². The quantitative estimate of drug-likeness (QED) is 0.405. The standard InChI is InChI=1S/C6H12PS/c1-7(8-2)5-3-4-6-7/h3-4H,5-6H2,1-2H3/q+1. The molecule has 0 amide bonds. The van der Waals surface area contributed by atoms with Gasteiger partial charge in [0.15, 0.2) is 0 Å². The van der Waals surface area contributed by atoms with Crippen molar-refractivity contribution in [1.82, 2.24) is 0 Å². The monoisotopic (exact) mass is 147 g/mol. The Morgan fingerprint density at radius 3 is 2.12 bits per heavy atom. The molecule has 0 saturated heterocycles. The normalized spacial score (nSPS) is 24.2. The van der Waals surface area contributed by atoms with Crippen molar-refractivity contribution in [2.24, 2.45) is 0 Å². The summed E-state index contributed by atoms with van der Waals surface area (Å²) < 4.78 is 0. The zero-order valence-electron chi connectivity index (χ0n) is 5.42. The molecule has 0 nitrogen and oxygen atoms in total. The second-order valence-electron chi connectivity index (χ2n) is 2.32. The molecule has 0 unspecified atom stereocenters. The molecule has 0 aromatic heterocycles. The van der Waals surface area contributed by atoms with Gasteiger partial charge in [0.1, 0.15) is 0 Å². The van der Waals surface area contributed by atoms with Crippen LogP contribution in [0.15, 0.2) is 12.2 Å². The second kappa shape index (κ2) is 2.41. The first kappa shape index (κ1) is 6.64. The van der Waals surface area contributed by atoms with Crippen LogP contribution in [0.4, 0.5) is 0 Å². The summed E-state index contributed by atoms with van der Waals surface area (Å²) >= 11 is 2.08. The molecule has 0 aromatic carbocycles.